The van der Waals surface area contributed by atoms with Crippen molar-refractivity contribution in [2.24, 2.45) is 0 Å². The topological polar surface area (TPSA) is 29.5 Å². The molecule has 0 spiro atoms. The van der Waals surface area contributed by atoms with Crippen LogP contribution in [0.5, 0.6) is 0 Å². The normalized spacial score (nSPS) is 16.1. The second kappa shape index (κ2) is 8.81. The molecule has 1 heterocycles. The summed E-state index contributed by atoms with van der Waals surface area (Å²) in [6.45, 7) is 6.51. The van der Waals surface area contributed by atoms with Gasteiger partial charge >= 0.3 is 8.16 Å². The molecule has 2 aromatic carbocycles. The molecule has 2 aliphatic carbocycles. The molecule has 3 aromatic rings. The van der Waals surface area contributed by atoms with Crippen molar-refractivity contribution in [2.75, 3.05) is 17.8 Å². The van der Waals surface area contributed by atoms with Gasteiger partial charge in [0, 0.05) is 23.9 Å². The molecular formula is C26H34NO2P. The minimum absolute atomic E-state index is 1.01. The molecule has 0 unspecified atom stereocenters. The molecule has 30 heavy (non-hydrogen) atoms. The highest BCUT2D eigenvalue weighted by molar-refractivity contribution is 7.38. The molecule has 1 aromatic heterocycles. The number of aryl methyl sites for hydroxylation is 4. The summed E-state index contributed by atoms with van der Waals surface area (Å²) >= 11 is 0. The molecule has 0 aliphatic heterocycles. The Kier molecular flexibility index (Phi) is 5.94. The number of fused-ring (bicyclic) bond motifs is 7. The quantitative estimate of drug-likeness (QED) is 0.419. The Morgan fingerprint density at radius 1 is 0.700 bits per heavy atom. The third-order valence-electron chi connectivity index (χ3n) is 6.79. The Balaban J connectivity index is 1.89. The van der Waals surface area contributed by atoms with Crippen LogP contribution in [0.25, 0.3) is 21.9 Å². The van der Waals surface area contributed by atoms with Crippen molar-refractivity contribution in [2.45, 2.75) is 78.1 Å². The maximum absolute atomic E-state index is 6.73. The van der Waals surface area contributed by atoms with Crippen LogP contribution in [0.15, 0.2) is 32.7 Å². The molecule has 0 fully saturated rings. The van der Waals surface area contributed by atoms with Gasteiger partial charge in [-0.1, -0.05) is 26.0 Å². The monoisotopic (exact) mass is 423 g/mol. The minimum atomic E-state index is -1.14. The number of nitrogens with zero attached hydrogens (tertiary/aromatic N) is 1. The van der Waals surface area contributed by atoms with E-state index in [4.69, 9.17) is 8.39 Å². The summed E-state index contributed by atoms with van der Waals surface area (Å²) in [5.74, 6) is 0. The van der Waals surface area contributed by atoms with Crippen molar-refractivity contribution in [3.8, 4) is 0 Å². The molecule has 0 saturated carbocycles. The highest BCUT2D eigenvalue weighted by Gasteiger charge is 2.22. The largest absolute Gasteiger partial charge is 0.408 e. The molecule has 0 amide bonds. The van der Waals surface area contributed by atoms with Crippen molar-refractivity contribution in [1.29, 1.82) is 0 Å². The van der Waals surface area contributed by atoms with Gasteiger partial charge in [-0.15, -0.1) is 0 Å². The van der Waals surface area contributed by atoms with E-state index in [2.05, 4.69) is 42.8 Å². The number of benzene rings is 2. The Morgan fingerprint density at radius 3 is 1.63 bits per heavy atom. The second-order valence-corrected chi connectivity index (χ2v) is 10.3. The zero-order valence-electron chi connectivity index (χ0n) is 18.5. The third kappa shape index (κ3) is 3.61. The van der Waals surface area contributed by atoms with Crippen LogP contribution >= 0.6 is 8.16 Å². The lowest BCUT2D eigenvalue weighted by molar-refractivity contribution is 0.613. The fourth-order valence-electron chi connectivity index (χ4n) is 5.41. The first-order valence-corrected chi connectivity index (χ1v) is 13.1. The van der Waals surface area contributed by atoms with E-state index >= 15 is 0 Å². The van der Waals surface area contributed by atoms with Gasteiger partial charge in [0.1, 0.15) is 11.2 Å². The fourth-order valence-corrected chi connectivity index (χ4v) is 7.04. The summed E-state index contributed by atoms with van der Waals surface area (Å²) in [5, 5.41) is 2.72. The molecule has 160 valence electrons. The second-order valence-electron chi connectivity index (χ2n) is 8.94. The first kappa shape index (κ1) is 20.2. The first-order chi connectivity index (χ1) is 14.8. The van der Waals surface area contributed by atoms with Crippen LogP contribution in [0.2, 0.25) is 0 Å². The smallest absolute Gasteiger partial charge is 0.309 e. The summed E-state index contributed by atoms with van der Waals surface area (Å²) in [7, 11) is -1.14. The Labute approximate surface area is 181 Å². The minimum Gasteiger partial charge on any atom is -0.408 e. The van der Waals surface area contributed by atoms with E-state index in [-0.39, 0.29) is 0 Å². The standard InChI is InChI=1S/C26H34NO2P/c1-3-17-27(18-4-2)30-28-23-15-13-19-9-5-7-11-21(19)25(23)26-22-12-8-6-10-20(22)14-16-24(26)29-30/h13-16H,3-12,17-18H2,1-2H3. The first-order valence-electron chi connectivity index (χ1n) is 12.0. The van der Waals surface area contributed by atoms with E-state index in [9.17, 15) is 0 Å². The van der Waals surface area contributed by atoms with Crippen molar-refractivity contribution in [1.82, 2.24) is 0 Å². The molecule has 4 heteroatoms. The highest BCUT2D eigenvalue weighted by Crippen LogP contribution is 2.43. The van der Waals surface area contributed by atoms with E-state index in [1.54, 1.807) is 0 Å². The zero-order chi connectivity index (χ0) is 20.5. The van der Waals surface area contributed by atoms with Gasteiger partial charge in [-0.2, -0.15) is 0 Å². The fraction of sp³-hybridized carbons (Fsp3) is 0.538. The van der Waals surface area contributed by atoms with Crippen LogP contribution in [0.3, 0.4) is 0 Å². The van der Waals surface area contributed by atoms with Crippen molar-refractivity contribution < 1.29 is 8.39 Å². The van der Waals surface area contributed by atoms with Crippen LogP contribution in [0.4, 0.5) is 0 Å². The molecule has 0 radical (unpaired) electrons. The average molecular weight is 424 g/mol. The molecule has 3 nitrogen and oxygen atoms in total. The molecule has 0 bridgehead atoms. The lowest BCUT2D eigenvalue weighted by Crippen LogP contribution is -2.21. The Bertz CT molecular complexity index is 1020. The van der Waals surface area contributed by atoms with E-state index in [1.165, 1.54) is 71.6 Å². The summed E-state index contributed by atoms with van der Waals surface area (Å²) in [6, 6.07) is 9.13. The molecular weight excluding hydrogens is 389 g/mol. The van der Waals surface area contributed by atoms with Crippen molar-refractivity contribution in [3.05, 3.63) is 46.5 Å². The molecule has 2 aliphatic rings. The lowest BCUT2D eigenvalue weighted by Gasteiger charge is -2.20. The van der Waals surface area contributed by atoms with Crippen LogP contribution < -0.4 is 4.67 Å². The van der Waals surface area contributed by atoms with Gasteiger partial charge in [0.05, 0.1) is 0 Å². The van der Waals surface area contributed by atoms with Crippen LogP contribution in [-0.2, 0) is 25.7 Å². The van der Waals surface area contributed by atoms with Gasteiger partial charge in [0.15, 0.2) is 0 Å². The molecule has 0 saturated heterocycles. The summed E-state index contributed by atoms with van der Waals surface area (Å²) < 4.78 is 15.9. The van der Waals surface area contributed by atoms with Crippen molar-refractivity contribution in [3.63, 3.8) is 0 Å². The number of hydrogen-bond donors (Lipinski definition) is 0. The predicted octanol–water partition coefficient (Wildman–Crippen LogP) is 7.81. The maximum Gasteiger partial charge on any atom is 0.309 e. The number of hydrogen-bond acceptors (Lipinski definition) is 3. The van der Waals surface area contributed by atoms with Gasteiger partial charge in [0.25, 0.3) is 0 Å². The average Bonchev–Trinajstić information content (AvgIpc) is 2.96. The van der Waals surface area contributed by atoms with E-state index in [0.717, 1.165) is 49.9 Å². The molecule has 0 N–H and O–H groups in total. The molecule has 0 atom stereocenters. The Morgan fingerprint density at radius 2 is 1.17 bits per heavy atom. The molecule has 5 rings (SSSR count). The summed E-state index contributed by atoms with van der Waals surface area (Å²) in [6.07, 6.45) is 12.1. The van der Waals surface area contributed by atoms with Crippen molar-refractivity contribution >= 4 is 30.1 Å². The SMILES string of the molecule is CCCN(CCC)p1oc2ccc3c(c2c2c4c(ccc2o1)CCCC4)CCCC3. The van der Waals surface area contributed by atoms with Gasteiger partial charge < -0.3 is 8.39 Å². The van der Waals surface area contributed by atoms with E-state index in [1.807, 2.05) is 0 Å². The number of rotatable bonds is 5. The van der Waals surface area contributed by atoms with Crippen LogP contribution in [0.1, 0.15) is 74.6 Å². The predicted molar refractivity (Wildman–Crippen MR) is 128 cm³/mol. The summed E-state index contributed by atoms with van der Waals surface area (Å²) in [5.41, 5.74) is 8.20. The van der Waals surface area contributed by atoms with Gasteiger partial charge in [-0.25, -0.2) is 4.67 Å². The lowest BCUT2D eigenvalue weighted by atomic mass is 9.84. The van der Waals surface area contributed by atoms with Gasteiger partial charge in [0.2, 0.25) is 0 Å². The van der Waals surface area contributed by atoms with E-state index in [0.29, 0.717) is 0 Å². The third-order valence-corrected chi connectivity index (χ3v) is 8.35. The van der Waals surface area contributed by atoms with Crippen LogP contribution in [-0.4, -0.2) is 13.1 Å². The maximum atomic E-state index is 6.73. The van der Waals surface area contributed by atoms with Gasteiger partial charge in [-0.3, -0.25) is 0 Å². The Hall–Kier alpha value is -1.70. The van der Waals surface area contributed by atoms with Crippen LogP contribution in [0, 0.1) is 0 Å². The van der Waals surface area contributed by atoms with Gasteiger partial charge in [-0.05, 0) is 98.6 Å². The summed E-state index contributed by atoms with van der Waals surface area (Å²) in [4.78, 5) is 0. The zero-order valence-corrected chi connectivity index (χ0v) is 19.4. The van der Waals surface area contributed by atoms with E-state index < -0.39 is 8.16 Å². The highest BCUT2D eigenvalue weighted by atomic mass is 31.1.